The van der Waals surface area contributed by atoms with E-state index in [4.69, 9.17) is 4.74 Å². The van der Waals surface area contributed by atoms with E-state index < -0.39 is 56.3 Å². The molecule has 51 heavy (non-hydrogen) atoms. The molecule has 0 atom stereocenters. The number of halogens is 13. The molecule has 0 unspecified atom stereocenters. The van der Waals surface area contributed by atoms with Crippen molar-refractivity contribution in [3.8, 4) is 17.1 Å². The molecule has 0 fully saturated rings. The van der Waals surface area contributed by atoms with E-state index >= 15 is 0 Å². The SMILES string of the molecule is CCCCCCCCCCc1cnc(-c2ccc(OCCCC[Si](C)(C)CCC(F)(F)C(F)(F)C(F)(F)C(F)(F)C(F)(F)C(F)(F)F)cc2)nc1. The van der Waals surface area contributed by atoms with Gasteiger partial charge in [0.1, 0.15) is 5.75 Å². The Labute approximate surface area is 290 Å². The van der Waals surface area contributed by atoms with Crippen molar-refractivity contribution in [3.05, 3.63) is 42.2 Å². The summed E-state index contributed by atoms with van der Waals surface area (Å²) in [6.45, 7) is 5.21. The van der Waals surface area contributed by atoms with Crippen LogP contribution in [-0.2, 0) is 6.42 Å². The molecule has 0 saturated carbocycles. The number of hydrogen-bond acceptors (Lipinski definition) is 3. The van der Waals surface area contributed by atoms with Crippen molar-refractivity contribution < 1.29 is 61.8 Å². The molecule has 0 bridgehead atoms. The maximum Gasteiger partial charge on any atom is 0.460 e. The molecule has 0 aliphatic carbocycles. The lowest BCUT2D eigenvalue weighted by Gasteiger charge is -2.40. The third-order valence-electron chi connectivity index (χ3n) is 8.77. The number of alkyl halides is 13. The summed E-state index contributed by atoms with van der Waals surface area (Å²) in [7, 11) is -2.90. The van der Waals surface area contributed by atoms with Crippen molar-refractivity contribution >= 4 is 8.07 Å². The third kappa shape index (κ3) is 11.4. The highest BCUT2D eigenvalue weighted by atomic mass is 28.3. The van der Waals surface area contributed by atoms with Crippen LogP contribution in [0.2, 0.25) is 25.2 Å². The Morgan fingerprint density at radius 2 is 1.10 bits per heavy atom. The fourth-order valence-corrected chi connectivity index (χ4v) is 7.72. The third-order valence-corrected chi connectivity index (χ3v) is 12.1. The number of hydrogen-bond donors (Lipinski definition) is 0. The summed E-state index contributed by atoms with van der Waals surface area (Å²) in [4.78, 5) is 8.89. The van der Waals surface area contributed by atoms with Crippen LogP contribution in [0.4, 0.5) is 57.1 Å². The highest BCUT2D eigenvalue weighted by Crippen LogP contribution is 2.61. The van der Waals surface area contributed by atoms with Crippen molar-refractivity contribution in [3.63, 3.8) is 0 Å². The average Bonchev–Trinajstić information content (AvgIpc) is 3.04. The molecule has 0 aliphatic heterocycles. The first-order valence-electron chi connectivity index (χ1n) is 16.9. The summed E-state index contributed by atoms with van der Waals surface area (Å²) in [5, 5.41) is 0. The molecule has 0 aliphatic rings. The summed E-state index contributed by atoms with van der Waals surface area (Å²) in [5.74, 6) is -35.5. The van der Waals surface area contributed by atoms with Crippen molar-refractivity contribution in [2.24, 2.45) is 0 Å². The van der Waals surface area contributed by atoms with E-state index in [0.29, 0.717) is 24.4 Å². The van der Waals surface area contributed by atoms with Crippen LogP contribution in [0, 0.1) is 0 Å². The molecule has 0 N–H and O–H groups in total. The second kappa shape index (κ2) is 18.0. The predicted octanol–water partition coefficient (Wildman–Crippen LogP) is 12.8. The van der Waals surface area contributed by atoms with Gasteiger partial charge in [-0.25, -0.2) is 9.97 Å². The zero-order valence-corrected chi connectivity index (χ0v) is 29.8. The van der Waals surface area contributed by atoms with Crippen LogP contribution >= 0.6 is 0 Å². The summed E-state index contributed by atoms with van der Waals surface area (Å²) >= 11 is 0. The van der Waals surface area contributed by atoms with Gasteiger partial charge in [-0.1, -0.05) is 83.5 Å². The summed E-state index contributed by atoms with van der Waals surface area (Å²) < 4.78 is 180. The number of nitrogens with zero attached hydrogens (tertiary/aromatic N) is 2. The molecule has 2 rings (SSSR count). The molecule has 2 aromatic rings. The maximum atomic E-state index is 14.2. The van der Waals surface area contributed by atoms with Crippen molar-refractivity contribution in [1.82, 2.24) is 9.97 Å². The lowest BCUT2D eigenvalue weighted by Crippen LogP contribution is -2.70. The van der Waals surface area contributed by atoms with Crippen LogP contribution in [-0.4, -0.2) is 60.4 Å². The van der Waals surface area contributed by atoms with Gasteiger partial charge < -0.3 is 4.74 Å². The molecular weight excluding hydrogens is 727 g/mol. The maximum absolute atomic E-state index is 14.2. The van der Waals surface area contributed by atoms with E-state index in [2.05, 4.69) is 16.9 Å². The molecule has 0 saturated heterocycles. The van der Waals surface area contributed by atoms with E-state index in [-0.39, 0.29) is 12.7 Å². The van der Waals surface area contributed by atoms with Gasteiger partial charge in [0.15, 0.2) is 5.82 Å². The minimum atomic E-state index is -7.87. The van der Waals surface area contributed by atoms with Crippen molar-refractivity contribution in [2.45, 2.75) is 145 Å². The Balaban J connectivity index is 1.80. The second-order valence-electron chi connectivity index (χ2n) is 13.6. The van der Waals surface area contributed by atoms with E-state index in [0.717, 1.165) is 30.4 Å². The van der Waals surface area contributed by atoms with Crippen molar-refractivity contribution in [2.75, 3.05) is 6.61 Å². The van der Waals surface area contributed by atoms with Crippen LogP contribution in [0.25, 0.3) is 11.4 Å². The van der Waals surface area contributed by atoms with Gasteiger partial charge in [0.25, 0.3) is 0 Å². The smallest absolute Gasteiger partial charge is 0.460 e. The first-order valence-corrected chi connectivity index (χ1v) is 20.3. The minimum Gasteiger partial charge on any atom is -0.494 e. The highest BCUT2D eigenvalue weighted by molar-refractivity contribution is 6.77. The van der Waals surface area contributed by atoms with Gasteiger partial charge in [-0.3, -0.25) is 0 Å². The Bertz CT molecular complexity index is 1320. The number of benzene rings is 1. The van der Waals surface area contributed by atoms with E-state index in [1.54, 1.807) is 36.7 Å². The van der Waals surface area contributed by atoms with Crippen LogP contribution in [0.3, 0.4) is 0 Å². The van der Waals surface area contributed by atoms with Gasteiger partial charge in [0.2, 0.25) is 0 Å². The van der Waals surface area contributed by atoms with Gasteiger partial charge in [-0.2, -0.15) is 57.1 Å². The first-order chi connectivity index (χ1) is 23.4. The zero-order chi connectivity index (χ0) is 38.8. The standard InChI is InChI=1S/C34H45F13N2OSi/c1-4-5-6-7-8-9-10-11-14-25-23-48-28(49-24-25)26-15-17-27(18-16-26)50-20-12-13-21-51(2,3)22-19-29(35,36)30(37,38)31(39,40)32(41,42)33(43,44)34(45,46)47/h15-18,23-24H,4-14,19-22H2,1-3H3. The number of ether oxygens (including phenoxy) is 1. The number of rotatable bonds is 23. The molecular formula is C34H45F13N2OSi. The quantitative estimate of drug-likeness (QED) is 0.0641. The molecule has 0 amide bonds. The molecule has 3 nitrogen and oxygen atoms in total. The van der Waals surface area contributed by atoms with E-state index in [1.165, 1.54) is 51.6 Å². The lowest BCUT2D eigenvalue weighted by atomic mass is 9.93. The summed E-state index contributed by atoms with van der Waals surface area (Å²) in [5.41, 5.74) is 1.81. The fraction of sp³-hybridized carbons (Fsp3) is 0.706. The van der Waals surface area contributed by atoms with Crippen LogP contribution in [0.15, 0.2) is 36.7 Å². The Morgan fingerprint density at radius 1 is 0.588 bits per heavy atom. The number of aryl methyl sites for hydroxylation is 1. The van der Waals surface area contributed by atoms with E-state index in [1.807, 2.05) is 0 Å². The molecule has 0 spiro atoms. The van der Waals surface area contributed by atoms with Gasteiger partial charge in [0, 0.05) is 32.5 Å². The van der Waals surface area contributed by atoms with E-state index in [9.17, 15) is 57.1 Å². The summed E-state index contributed by atoms with van der Waals surface area (Å²) in [6, 6.07) is 6.26. The number of aromatic nitrogens is 2. The first kappa shape index (κ1) is 44.6. The molecule has 1 aromatic carbocycles. The highest BCUT2D eigenvalue weighted by Gasteiger charge is 2.90. The molecule has 0 radical (unpaired) electrons. The molecule has 1 aromatic heterocycles. The Hall–Kier alpha value is -2.59. The van der Waals surface area contributed by atoms with Gasteiger partial charge in [0.05, 0.1) is 6.61 Å². The Morgan fingerprint density at radius 3 is 1.63 bits per heavy atom. The van der Waals surface area contributed by atoms with Crippen LogP contribution < -0.4 is 4.74 Å². The molecule has 17 heteroatoms. The Kier molecular flexibility index (Phi) is 15.7. The molecule has 1 heterocycles. The average molecular weight is 773 g/mol. The zero-order valence-electron chi connectivity index (χ0n) is 28.8. The van der Waals surface area contributed by atoms with Gasteiger partial charge in [-0.05, 0) is 49.1 Å². The van der Waals surface area contributed by atoms with Crippen molar-refractivity contribution in [1.29, 1.82) is 0 Å². The van der Waals surface area contributed by atoms with Crippen LogP contribution in [0.1, 0.15) is 83.1 Å². The topological polar surface area (TPSA) is 35.0 Å². The second-order valence-corrected chi connectivity index (χ2v) is 19.0. The normalized spacial score (nSPS) is 13.9. The summed E-state index contributed by atoms with van der Waals surface area (Å²) in [6.07, 6.45) is 5.47. The largest absolute Gasteiger partial charge is 0.494 e. The number of unbranched alkanes of at least 4 members (excludes halogenated alkanes) is 8. The monoisotopic (exact) mass is 772 g/mol. The van der Waals surface area contributed by atoms with Gasteiger partial charge in [-0.15, -0.1) is 0 Å². The minimum absolute atomic E-state index is 0.163. The lowest BCUT2D eigenvalue weighted by molar-refractivity contribution is -0.439. The molecule has 292 valence electrons. The van der Waals surface area contributed by atoms with Gasteiger partial charge >= 0.3 is 35.8 Å². The van der Waals surface area contributed by atoms with Crippen LogP contribution in [0.5, 0.6) is 5.75 Å². The fourth-order valence-electron chi connectivity index (χ4n) is 5.27. The predicted molar refractivity (Wildman–Crippen MR) is 171 cm³/mol.